The maximum Gasteiger partial charge on any atom is 0.460 e. The van der Waals surface area contributed by atoms with Crippen molar-refractivity contribution in [1.82, 2.24) is 0 Å². The molecule has 0 atom stereocenters. The maximum atomic E-state index is 16.2. The van der Waals surface area contributed by atoms with Gasteiger partial charge in [-0.3, -0.25) is 0 Å². The van der Waals surface area contributed by atoms with Gasteiger partial charge in [0.05, 0.1) is 0 Å². The Kier molecular flexibility index (Phi) is 22.4. The van der Waals surface area contributed by atoms with E-state index in [4.69, 9.17) is 0 Å². The third-order valence-electron chi connectivity index (χ3n) is 14.2. The zero-order chi connectivity index (χ0) is 86.4. The minimum absolute atomic E-state index is 1.29. The zero-order valence-corrected chi connectivity index (χ0v) is 47.9. The van der Waals surface area contributed by atoms with E-state index in [1.54, 1.807) is 0 Å². The van der Waals surface area contributed by atoms with Crippen molar-refractivity contribution in [3.63, 3.8) is 0 Å². The summed E-state index contributed by atoms with van der Waals surface area (Å²) in [5.74, 6) is -222. The molecule has 0 heterocycles. The highest BCUT2D eigenvalue weighted by atomic mass is 31.1. The number of alkyl halides is 60. The molecular formula is C46H11F60P. The molecule has 0 amide bonds. The molecule has 0 saturated heterocycles. The second kappa shape index (κ2) is 25.2. The number of hydrogen-bond acceptors (Lipinski definition) is 0. The third-order valence-corrected chi connectivity index (χ3v) is 16.6. The molecule has 0 aliphatic heterocycles. The molecule has 0 unspecified atom stereocenters. The molecule has 0 aromatic heterocycles. The second-order valence-corrected chi connectivity index (χ2v) is 23.2. The van der Waals surface area contributed by atoms with Gasteiger partial charge >= 0.3 is 167 Å². The van der Waals surface area contributed by atoms with Crippen LogP contribution in [-0.2, 0) is 23.7 Å². The van der Waals surface area contributed by atoms with Crippen LogP contribution in [0, 0.1) is 0 Å². The molecule has 3 aromatic rings. The lowest BCUT2D eigenvalue weighted by molar-refractivity contribution is -0.463. The Balaban J connectivity index is 2.93. The van der Waals surface area contributed by atoms with E-state index in [0.717, 1.165) is 0 Å². The molecule has 0 N–H and O–H groups in total. The fourth-order valence-electron chi connectivity index (χ4n) is 7.78. The van der Waals surface area contributed by atoms with Crippen molar-refractivity contribution in [2.24, 2.45) is 0 Å². The van der Waals surface area contributed by atoms with E-state index in [1.165, 1.54) is 0 Å². The molecule has 0 bridgehead atoms. The molecule has 0 aliphatic carbocycles. The topological polar surface area (TPSA) is 0 Å². The first kappa shape index (κ1) is 95.1. The summed E-state index contributed by atoms with van der Waals surface area (Å²) in [6, 6.07) is -18.8. The van der Waals surface area contributed by atoms with Gasteiger partial charge in [0.1, 0.15) is 0 Å². The van der Waals surface area contributed by atoms with E-state index in [9.17, 15) is 193 Å². The first-order chi connectivity index (χ1) is 45.9. The fourth-order valence-corrected chi connectivity index (χ4v) is 10.1. The van der Waals surface area contributed by atoms with Crippen LogP contribution in [0.15, 0.2) is 66.7 Å². The van der Waals surface area contributed by atoms with Crippen molar-refractivity contribution >= 4 is 23.8 Å². The summed E-state index contributed by atoms with van der Waals surface area (Å²) in [7, 11) is -5.65. The van der Waals surface area contributed by atoms with Gasteiger partial charge in [0.15, 0.2) is 0 Å². The predicted octanol–water partition coefficient (Wildman–Crippen LogP) is 22.8. The van der Waals surface area contributed by atoms with Crippen LogP contribution in [0.25, 0.3) is 0 Å². The van der Waals surface area contributed by atoms with Gasteiger partial charge in [0, 0.05) is 22.3 Å². The highest BCUT2D eigenvalue weighted by Gasteiger charge is 2.99. The van der Waals surface area contributed by atoms with Crippen molar-refractivity contribution in [3.8, 4) is 0 Å². The first-order valence-corrected chi connectivity index (χ1v) is 25.7. The average Bonchev–Trinajstić information content (AvgIpc) is 0.700. The Morgan fingerprint density at radius 3 is 0.411 bits per heavy atom. The number of halogens is 60. The van der Waals surface area contributed by atoms with E-state index in [0.29, 0.717) is 0 Å². The second-order valence-electron chi connectivity index (χ2n) is 21.0. The quantitative estimate of drug-likeness (QED) is 0.0527. The van der Waals surface area contributed by atoms with Gasteiger partial charge < -0.3 is 0 Å². The van der Waals surface area contributed by atoms with Crippen molar-refractivity contribution in [2.75, 3.05) is 0 Å². The third kappa shape index (κ3) is 12.4. The highest BCUT2D eigenvalue weighted by Crippen LogP contribution is 2.70. The monoisotopic (exact) mass is 1730 g/mol. The van der Waals surface area contributed by atoms with Crippen LogP contribution < -0.4 is 15.9 Å². The van der Waals surface area contributed by atoms with Crippen molar-refractivity contribution in [3.05, 3.63) is 89.0 Å². The van der Waals surface area contributed by atoms with E-state index >= 15 is 70.2 Å². The number of hydrogen-bond donors (Lipinski definition) is 0. The number of benzene rings is 3. The molecule has 0 spiro atoms. The Morgan fingerprint density at radius 2 is 0.262 bits per heavy atom. The van der Waals surface area contributed by atoms with Gasteiger partial charge in [-0.1, -0.05) is 48.5 Å². The molecule has 107 heavy (non-hydrogen) atoms. The van der Waals surface area contributed by atoms with Gasteiger partial charge in [-0.15, -0.1) is 0 Å². The van der Waals surface area contributed by atoms with Crippen LogP contribution >= 0.6 is 7.92 Å². The summed E-state index contributed by atoms with van der Waals surface area (Å²) in [6.45, 7) is 0. The number of rotatable bonds is 27. The summed E-state index contributed by atoms with van der Waals surface area (Å²) in [4.78, 5) is 0. The molecule has 0 fully saturated rings. The van der Waals surface area contributed by atoms with Gasteiger partial charge in [-0.2, -0.15) is 263 Å². The van der Waals surface area contributed by atoms with Crippen LogP contribution in [0.3, 0.4) is 0 Å². The fraction of sp³-hybridized carbons (Fsp3) is 0.609. The summed E-state index contributed by atoms with van der Waals surface area (Å²) < 4.78 is 856. The van der Waals surface area contributed by atoms with E-state index in [1.807, 2.05) is 0 Å². The maximum absolute atomic E-state index is 16.2. The predicted molar refractivity (Wildman–Crippen MR) is 224 cm³/mol. The van der Waals surface area contributed by atoms with Crippen LogP contribution in [0.1, 0.15) is 22.3 Å². The molecular weight excluding hydrogens is 1720 g/mol. The minimum Gasteiger partial charge on any atom is -0.194 e. The Hall–Kier alpha value is -6.11. The Bertz CT molecular complexity index is 3440. The molecule has 61 heteroatoms. The normalized spacial score (nSPS) is 16.5. The van der Waals surface area contributed by atoms with Crippen molar-refractivity contribution in [2.45, 2.75) is 167 Å². The van der Waals surface area contributed by atoms with Crippen LogP contribution in [-0.4, -0.2) is 143 Å². The zero-order valence-electron chi connectivity index (χ0n) is 47.0. The SMILES string of the molecule is FC(F)(F)C(F)(F)C(F)(F)C(F)(F)C(F)(F)C(F)(F)c1ccc(P(c2ccc(C(F)(F)C(F)(F)C(F)(F)C(F)(F)C(F)(F)C(F)(F)F)cc2)c2cc(C(F)(F)C(F)(F)C(F)(F)C(F)(F)C(F)(F)C(F)(F)C(F)(F)C(F)(F)F)cc(C(F)(F)C(F)(F)C(F)(F)C(F)(F)C(F)(F)C(F)(F)C(F)(F)C(F)(F)F)c2)cc1. The van der Waals surface area contributed by atoms with Crippen LogP contribution in [0.4, 0.5) is 263 Å². The van der Waals surface area contributed by atoms with Crippen LogP contribution in [0.5, 0.6) is 0 Å². The van der Waals surface area contributed by atoms with Crippen molar-refractivity contribution in [1.29, 1.82) is 0 Å². The van der Waals surface area contributed by atoms with Gasteiger partial charge in [0.2, 0.25) is 0 Å². The largest absolute Gasteiger partial charge is 0.460 e. The lowest BCUT2D eigenvalue weighted by Crippen LogP contribution is -2.74. The summed E-state index contributed by atoms with van der Waals surface area (Å²) in [5.41, 5.74) is -17.3. The molecule has 3 rings (SSSR count). The lowest BCUT2D eigenvalue weighted by Gasteiger charge is -2.43. The Morgan fingerprint density at radius 1 is 0.131 bits per heavy atom. The summed E-state index contributed by atoms with van der Waals surface area (Å²) >= 11 is 0. The summed E-state index contributed by atoms with van der Waals surface area (Å²) in [6.07, 6.45) is -33.9. The molecule has 0 radical (unpaired) electrons. The van der Waals surface area contributed by atoms with Gasteiger partial charge in [-0.05, 0) is 42.0 Å². The smallest absolute Gasteiger partial charge is 0.194 e. The standard InChI is InChI=1S/C46H11F60P/c47-19(48,23(55,56)29(67,68)35(79,80)39(87,88)43(95,96)97)12-1-5-16(6-2-12)107(17-7-3-13(4-8-17)20(49,50)24(57,58)30(69,70)36(81,82)40(89,90)44(98,99)100)18-10-14(21(51,52)25(59,60)27(63,64)31(71,72)33(75,76)37(83,84)41(91,92)45(101,102)103)9-15(11-18)22(53,54)26(61,62)28(65,66)32(73,74)34(77,78)38(85,86)42(93,94)46(104,105)106/h1-11H. The highest BCUT2D eigenvalue weighted by molar-refractivity contribution is 7.79. The molecule has 0 aliphatic rings. The van der Waals surface area contributed by atoms with E-state index < -0.39 is 280 Å². The Labute approximate surface area is 543 Å². The van der Waals surface area contributed by atoms with E-state index in [2.05, 4.69) is 0 Å². The van der Waals surface area contributed by atoms with E-state index in [-0.39, 0.29) is 0 Å². The average molecular weight is 1730 g/mol. The molecule has 0 nitrogen and oxygen atoms in total. The molecule has 0 saturated carbocycles. The van der Waals surface area contributed by atoms with Gasteiger partial charge in [-0.25, -0.2) is 0 Å². The molecule has 3 aromatic carbocycles. The lowest BCUT2D eigenvalue weighted by atomic mass is 9.85. The minimum atomic E-state index is -10.1. The van der Waals surface area contributed by atoms with Crippen molar-refractivity contribution < 1.29 is 263 Å². The van der Waals surface area contributed by atoms with Gasteiger partial charge in [0.25, 0.3) is 0 Å². The molecule has 620 valence electrons. The summed E-state index contributed by atoms with van der Waals surface area (Å²) in [5, 5.41) is -8.76. The first-order valence-electron chi connectivity index (χ1n) is 24.4. The van der Waals surface area contributed by atoms with Crippen LogP contribution in [0.2, 0.25) is 0 Å².